The molecular formula is C23H26O4. The van der Waals surface area contributed by atoms with Crippen molar-refractivity contribution in [2.45, 2.75) is 51.9 Å². The van der Waals surface area contributed by atoms with E-state index in [2.05, 4.69) is 31.8 Å². The van der Waals surface area contributed by atoms with Crippen molar-refractivity contribution >= 4 is 5.97 Å². The summed E-state index contributed by atoms with van der Waals surface area (Å²) in [5.74, 6) is 8.01. The Morgan fingerprint density at radius 3 is 2.70 bits per heavy atom. The number of furan rings is 1. The van der Waals surface area contributed by atoms with Gasteiger partial charge in [0.15, 0.2) is 5.76 Å². The summed E-state index contributed by atoms with van der Waals surface area (Å²) in [6.07, 6.45) is 3.35. The highest BCUT2D eigenvalue weighted by Gasteiger charge is 2.34. The third-order valence-corrected chi connectivity index (χ3v) is 5.36. The van der Waals surface area contributed by atoms with Crippen molar-refractivity contribution in [3.05, 3.63) is 53.0 Å². The predicted molar refractivity (Wildman–Crippen MR) is 104 cm³/mol. The molecule has 0 N–H and O–H groups in total. The average molecular weight is 366 g/mol. The van der Waals surface area contributed by atoms with Crippen LogP contribution in [0.4, 0.5) is 0 Å². The standard InChI is InChI=1S/C23H26O4/c1-4-23(5-2)13-14-26-21-12-8-17(15-20(21)23)7-9-18-10-11-19(27-18)16-22(24)25-6-3/h8,10-12,15H,4-6,13-14,16H2,1-3H3. The Labute approximate surface area is 160 Å². The number of benzene rings is 1. The first-order valence-electron chi connectivity index (χ1n) is 9.64. The van der Waals surface area contributed by atoms with E-state index in [0.29, 0.717) is 18.1 Å². The molecule has 142 valence electrons. The Hall–Kier alpha value is -2.67. The molecule has 1 aromatic carbocycles. The summed E-state index contributed by atoms with van der Waals surface area (Å²) in [6.45, 7) is 7.41. The maximum Gasteiger partial charge on any atom is 0.313 e. The summed E-state index contributed by atoms with van der Waals surface area (Å²) in [6, 6.07) is 9.70. The van der Waals surface area contributed by atoms with E-state index in [0.717, 1.165) is 37.2 Å². The molecule has 1 aliphatic rings. The fraction of sp³-hybridized carbons (Fsp3) is 0.435. The van der Waals surface area contributed by atoms with Gasteiger partial charge in [-0.3, -0.25) is 4.79 Å². The molecule has 4 heteroatoms. The molecule has 2 heterocycles. The van der Waals surface area contributed by atoms with Gasteiger partial charge in [-0.05, 0) is 62.4 Å². The van der Waals surface area contributed by atoms with Gasteiger partial charge in [-0.1, -0.05) is 19.8 Å². The van der Waals surface area contributed by atoms with Gasteiger partial charge in [0.2, 0.25) is 0 Å². The van der Waals surface area contributed by atoms with Crippen molar-refractivity contribution in [2.75, 3.05) is 13.2 Å². The Morgan fingerprint density at radius 1 is 1.15 bits per heavy atom. The largest absolute Gasteiger partial charge is 0.493 e. The third kappa shape index (κ3) is 4.19. The van der Waals surface area contributed by atoms with E-state index in [4.69, 9.17) is 13.9 Å². The van der Waals surface area contributed by atoms with E-state index < -0.39 is 0 Å². The van der Waals surface area contributed by atoms with Crippen molar-refractivity contribution < 1.29 is 18.7 Å². The van der Waals surface area contributed by atoms with E-state index >= 15 is 0 Å². The molecule has 0 bridgehead atoms. The summed E-state index contributed by atoms with van der Waals surface area (Å²) in [4.78, 5) is 11.5. The summed E-state index contributed by atoms with van der Waals surface area (Å²) in [7, 11) is 0. The average Bonchev–Trinajstić information content (AvgIpc) is 3.13. The van der Waals surface area contributed by atoms with Crippen molar-refractivity contribution in [1.82, 2.24) is 0 Å². The van der Waals surface area contributed by atoms with Crippen LogP contribution >= 0.6 is 0 Å². The molecule has 3 rings (SSSR count). The first-order valence-corrected chi connectivity index (χ1v) is 9.64. The van der Waals surface area contributed by atoms with Crippen LogP contribution in [0, 0.1) is 11.8 Å². The van der Waals surface area contributed by atoms with Crippen LogP contribution in [0.15, 0.2) is 34.7 Å². The minimum Gasteiger partial charge on any atom is -0.493 e. The van der Waals surface area contributed by atoms with Gasteiger partial charge in [0.05, 0.1) is 13.2 Å². The first-order chi connectivity index (χ1) is 13.1. The van der Waals surface area contributed by atoms with Crippen molar-refractivity contribution in [2.24, 2.45) is 0 Å². The van der Waals surface area contributed by atoms with Gasteiger partial charge in [0.25, 0.3) is 0 Å². The lowest BCUT2D eigenvalue weighted by molar-refractivity contribution is -0.142. The zero-order chi connectivity index (χ0) is 19.3. The second-order valence-corrected chi connectivity index (χ2v) is 6.79. The molecule has 0 amide bonds. The molecular weight excluding hydrogens is 340 g/mol. The zero-order valence-electron chi connectivity index (χ0n) is 16.3. The van der Waals surface area contributed by atoms with Gasteiger partial charge in [-0.2, -0.15) is 0 Å². The number of ether oxygens (including phenoxy) is 2. The van der Waals surface area contributed by atoms with Gasteiger partial charge in [-0.25, -0.2) is 0 Å². The zero-order valence-corrected chi connectivity index (χ0v) is 16.3. The second-order valence-electron chi connectivity index (χ2n) is 6.79. The van der Waals surface area contributed by atoms with Crippen LogP contribution in [0.2, 0.25) is 0 Å². The number of carbonyl (C=O) groups is 1. The Bertz CT molecular complexity index is 862. The highest BCUT2D eigenvalue weighted by Crippen LogP contribution is 2.43. The van der Waals surface area contributed by atoms with Crippen LogP contribution in [0.1, 0.15) is 62.7 Å². The lowest BCUT2D eigenvalue weighted by atomic mass is 9.71. The number of fused-ring (bicyclic) bond motifs is 1. The van der Waals surface area contributed by atoms with E-state index in [-0.39, 0.29) is 17.8 Å². The lowest BCUT2D eigenvalue weighted by Gasteiger charge is -2.37. The minimum atomic E-state index is -0.295. The predicted octanol–water partition coefficient (Wildman–Crippen LogP) is 4.63. The summed E-state index contributed by atoms with van der Waals surface area (Å²) in [5.41, 5.74) is 2.37. The summed E-state index contributed by atoms with van der Waals surface area (Å²) >= 11 is 0. The van der Waals surface area contributed by atoms with Crippen molar-refractivity contribution in [3.63, 3.8) is 0 Å². The maximum absolute atomic E-state index is 11.5. The van der Waals surface area contributed by atoms with Crippen LogP contribution in [0.25, 0.3) is 0 Å². The lowest BCUT2D eigenvalue weighted by Crippen LogP contribution is -2.31. The summed E-state index contributed by atoms with van der Waals surface area (Å²) < 4.78 is 16.4. The monoisotopic (exact) mass is 366 g/mol. The highest BCUT2D eigenvalue weighted by molar-refractivity contribution is 5.71. The Balaban J connectivity index is 1.80. The van der Waals surface area contributed by atoms with Crippen LogP contribution < -0.4 is 4.74 Å². The fourth-order valence-electron chi connectivity index (χ4n) is 3.65. The van der Waals surface area contributed by atoms with E-state index in [1.54, 1.807) is 19.1 Å². The summed E-state index contributed by atoms with van der Waals surface area (Å²) in [5, 5.41) is 0. The first kappa shape index (κ1) is 19.1. The molecule has 0 fully saturated rings. The molecule has 0 aliphatic carbocycles. The molecule has 0 saturated heterocycles. The number of rotatable bonds is 5. The van der Waals surface area contributed by atoms with Crippen molar-refractivity contribution in [3.8, 4) is 17.6 Å². The topological polar surface area (TPSA) is 48.7 Å². The molecule has 4 nitrogen and oxygen atoms in total. The molecule has 1 aromatic heterocycles. The van der Waals surface area contributed by atoms with E-state index in [1.165, 1.54) is 5.56 Å². The molecule has 0 atom stereocenters. The fourth-order valence-corrected chi connectivity index (χ4v) is 3.65. The maximum atomic E-state index is 11.5. The van der Waals surface area contributed by atoms with Gasteiger partial charge >= 0.3 is 5.97 Å². The quantitative estimate of drug-likeness (QED) is 0.572. The molecule has 0 radical (unpaired) electrons. The third-order valence-electron chi connectivity index (χ3n) is 5.36. The van der Waals surface area contributed by atoms with Gasteiger partial charge in [0.1, 0.15) is 17.9 Å². The number of hydrogen-bond donors (Lipinski definition) is 0. The minimum absolute atomic E-state index is 0.126. The molecule has 27 heavy (non-hydrogen) atoms. The van der Waals surface area contributed by atoms with Crippen LogP contribution in [-0.4, -0.2) is 19.2 Å². The van der Waals surface area contributed by atoms with Gasteiger partial charge in [0, 0.05) is 16.5 Å². The number of esters is 1. The van der Waals surface area contributed by atoms with Gasteiger partial charge < -0.3 is 13.9 Å². The van der Waals surface area contributed by atoms with E-state index in [1.807, 2.05) is 12.1 Å². The molecule has 0 unspecified atom stereocenters. The van der Waals surface area contributed by atoms with Crippen molar-refractivity contribution in [1.29, 1.82) is 0 Å². The normalized spacial score (nSPS) is 14.5. The molecule has 0 saturated carbocycles. The molecule has 2 aromatic rings. The highest BCUT2D eigenvalue weighted by atomic mass is 16.5. The van der Waals surface area contributed by atoms with Crippen LogP contribution in [0.3, 0.4) is 0 Å². The van der Waals surface area contributed by atoms with Crippen LogP contribution in [0.5, 0.6) is 5.75 Å². The number of hydrogen-bond acceptors (Lipinski definition) is 4. The SMILES string of the molecule is CCOC(=O)Cc1ccc(C#Cc2ccc3c(c2)C(CC)(CC)CCO3)o1. The van der Waals surface area contributed by atoms with Gasteiger partial charge in [-0.15, -0.1) is 0 Å². The smallest absolute Gasteiger partial charge is 0.313 e. The Kier molecular flexibility index (Phi) is 5.91. The van der Waals surface area contributed by atoms with E-state index in [9.17, 15) is 4.79 Å². The number of carbonyl (C=O) groups excluding carboxylic acids is 1. The molecule has 0 spiro atoms. The second kappa shape index (κ2) is 8.35. The Morgan fingerprint density at radius 2 is 1.96 bits per heavy atom. The molecule has 1 aliphatic heterocycles. The van der Waals surface area contributed by atoms with Crippen LogP contribution in [-0.2, 0) is 21.4 Å².